The molecule has 1 N–H and O–H groups in total. The van der Waals surface area contributed by atoms with Gasteiger partial charge in [0, 0.05) is 11.3 Å². The SMILES string of the molecule is CCCNC1CCC(CC)CC1Sc1nnnn1C1CC1. The molecule has 1 aromatic rings. The van der Waals surface area contributed by atoms with Crippen molar-refractivity contribution in [3.05, 3.63) is 0 Å². The molecule has 0 radical (unpaired) electrons. The maximum absolute atomic E-state index is 4.27. The van der Waals surface area contributed by atoms with E-state index in [0.29, 0.717) is 17.3 Å². The topological polar surface area (TPSA) is 55.6 Å². The third-order valence-corrected chi connectivity index (χ3v) is 6.05. The van der Waals surface area contributed by atoms with E-state index < -0.39 is 0 Å². The minimum atomic E-state index is 0.565. The van der Waals surface area contributed by atoms with E-state index in [-0.39, 0.29) is 0 Å². The molecule has 3 atom stereocenters. The number of nitrogens with one attached hydrogen (secondary N) is 1. The zero-order chi connectivity index (χ0) is 14.7. The molecular formula is C15H27N5S. The number of aromatic nitrogens is 4. The minimum Gasteiger partial charge on any atom is -0.313 e. The van der Waals surface area contributed by atoms with Gasteiger partial charge in [0.15, 0.2) is 0 Å². The third kappa shape index (κ3) is 3.77. The predicted octanol–water partition coefficient (Wildman–Crippen LogP) is 3.05. The fraction of sp³-hybridized carbons (Fsp3) is 0.933. The molecule has 118 valence electrons. The van der Waals surface area contributed by atoms with Crippen LogP contribution in [-0.4, -0.2) is 38.0 Å². The Bertz CT molecular complexity index is 445. The Labute approximate surface area is 131 Å². The number of hydrogen-bond donors (Lipinski definition) is 1. The highest BCUT2D eigenvalue weighted by Gasteiger charge is 2.34. The fourth-order valence-corrected chi connectivity index (χ4v) is 4.64. The lowest BCUT2D eigenvalue weighted by Crippen LogP contribution is -2.43. The number of thioether (sulfide) groups is 1. The quantitative estimate of drug-likeness (QED) is 0.839. The van der Waals surface area contributed by atoms with E-state index in [0.717, 1.165) is 17.6 Å². The Kier molecular flexibility index (Phi) is 5.16. The van der Waals surface area contributed by atoms with Crippen molar-refractivity contribution < 1.29 is 0 Å². The monoisotopic (exact) mass is 309 g/mol. The van der Waals surface area contributed by atoms with E-state index in [1.807, 2.05) is 11.8 Å². The number of tetrazole rings is 1. The second kappa shape index (κ2) is 7.09. The molecule has 2 aliphatic rings. The van der Waals surface area contributed by atoms with Gasteiger partial charge in [-0.2, -0.15) is 0 Å². The van der Waals surface area contributed by atoms with Crippen LogP contribution in [0, 0.1) is 5.92 Å². The molecule has 5 nitrogen and oxygen atoms in total. The van der Waals surface area contributed by atoms with Gasteiger partial charge in [-0.25, -0.2) is 4.68 Å². The summed E-state index contributed by atoms with van der Waals surface area (Å²) in [5.74, 6) is 0.868. The lowest BCUT2D eigenvalue weighted by Gasteiger charge is -2.35. The van der Waals surface area contributed by atoms with Crippen LogP contribution < -0.4 is 5.32 Å². The normalized spacial score (nSPS) is 29.7. The Morgan fingerprint density at radius 2 is 2.10 bits per heavy atom. The molecule has 6 heteroatoms. The Morgan fingerprint density at radius 1 is 1.24 bits per heavy atom. The van der Waals surface area contributed by atoms with E-state index in [1.165, 1.54) is 44.9 Å². The standard InChI is InChI=1S/C15H27N5S/c1-3-9-16-13-8-5-11(4-2)10-14(13)21-15-17-18-19-20(15)12-6-7-12/h11-14,16H,3-10H2,1-2H3. The zero-order valence-corrected chi connectivity index (χ0v) is 14.0. The summed E-state index contributed by atoms with van der Waals surface area (Å²) in [5.41, 5.74) is 0. The van der Waals surface area contributed by atoms with Crippen LogP contribution in [0.1, 0.15) is 64.8 Å². The van der Waals surface area contributed by atoms with Crippen LogP contribution in [0.5, 0.6) is 0 Å². The van der Waals surface area contributed by atoms with Gasteiger partial charge < -0.3 is 5.32 Å². The summed E-state index contributed by atoms with van der Waals surface area (Å²) in [6.07, 6.45) is 8.91. The number of nitrogens with zero attached hydrogens (tertiary/aromatic N) is 4. The highest BCUT2D eigenvalue weighted by molar-refractivity contribution is 7.99. The van der Waals surface area contributed by atoms with Crippen LogP contribution in [0.2, 0.25) is 0 Å². The van der Waals surface area contributed by atoms with Crippen molar-refractivity contribution >= 4 is 11.8 Å². The van der Waals surface area contributed by atoms with E-state index in [4.69, 9.17) is 0 Å². The van der Waals surface area contributed by atoms with E-state index >= 15 is 0 Å². The molecule has 0 aliphatic heterocycles. The maximum Gasteiger partial charge on any atom is 0.209 e. The van der Waals surface area contributed by atoms with Gasteiger partial charge in [-0.15, -0.1) is 5.10 Å². The summed E-state index contributed by atoms with van der Waals surface area (Å²) in [6, 6.07) is 1.18. The van der Waals surface area contributed by atoms with Crippen molar-refractivity contribution in [2.75, 3.05) is 6.54 Å². The van der Waals surface area contributed by atoms with Crippen LogP contribution in [0.15, 0.2) is 5.16 Å². The van der Waals surface area contributed by atoms with Crippen molar-refractivity contribution in [2.45, 2.75) is 81.3 Å². The first-order valence-electron chi connectivity index (χ1n) is 8.49. The Balaban J connectivity index is 1.67. The number of hydrogen-bond acceptors (Lipinski definition) is 5. The van der Waals surface area contributed by atoms with Gasteiger partial charge >= 0.3 is 0 Å². The third-order valence-electron chi connectivity index (χ3n) is 4.75. The van der Waals surface area contributed by atoms with Crippen molar-refractivity contribution in [2.24, 2.45) is 5.92 Å². The molecule has 2 aliphatic carbocycles. The average molecular weight is 309 g/mol. The Morgan fingerprint density at radius 3 is 2.81 bits per heavy atom. The van der Waals surface area contributed by atoms with Crippen molar-refractivity contribution in [3.63, 3.8) is 0 Å². The van der Waals surface area contributed by atoms with E-state index in [2.05, 4.69) is 39.4 Å². The summed E-state index contributed by atoms with van der Waals surface area (Å²) in [4.78, 5) is 0. The second-order valence-corrected chi connectivity index (χ2v) is 7.65. The maximum atomic E-state index is 4.27. The van der Waals surface area contributed by atoms with Crippen molar-refractivity contribution in [1.29, 1.82) is 0 Å². The van der Waals surface area contributed by atoms with Crippen LogP contribution in [-0.2, 0) is 0 Å². The predicted molar refractivity (Wildman–Crippen MR) is 85.4 cm³/mol. The molecule has 0 spiro atoms. The molecule has 0 aromatic carbocycles. The largest absolute Gasteiger partial charge is 0.313 e. The highest BCUT2D eigenvalue weighted by atomic mass is 32.2. The van der Waals surface area contributed by atoms with Gasteiger partial charge in [0.1, 0.15) is 0 Å². The van der Waals surface area contributed by atoms with Crippen molar-refractivity contribution in [3.8, 4) is 0 Å². The summed E-state index contributed by atoms with van der Waals surface area (Å²) in [7, 11) is 0. The molecule has 3 rings (SSSR count). The smallest absolute Gasteiger partial charge is 0.209 e. The van der Waals surface area contributed by atoms with Crippen molar-refractivity contribution in [1.82, 2.24) is 25.5 Å². The summed E-state index contributed by atoms with van der Waals surface area (Å²) in [5, 5.41) is 17.7. The van der Waals surface area contributed by atoms with Gasteiger partial charge in [-0.3, -0.25) is 0 Å². The van der Waals surface area contributed by atoms with Gasteiger partial charge in [-0.1, -0.05) is 32.0 Å². The molecule has 0 amide bonds. The molecule has 2 fully saturated rings. The first kappa shape index (κ1) is 15.3. The summed E-state index contributed by atoms with van der Waals surface area (Å²) in [6.45, 7) is 5.67. The second-order valence-electron chi connectivity index (χ2n) is 6.44. The molecule has 0 bridgehead atoms. The molecule has 3 unspecified atom stereocenters. The number of rotatable bonds is 7. The fourth-order valence-electron chi connectivity index (χ4n) is 3.22. The molecular weight excluding hydrogens is 282 g/mol. The zero-order valence-electron chi connectivity index (χ0n) is 13.2. The lowest BCUT2D eigenvalue weighted by molar-refractivity contribution is 0.295. The molecule has 1 aromatic heterocycles. The van der Waals surface area contributed by atoms with E-state index in [9.17, 15) is 0 Å². The first-order chi connectivity index (χ1) is 10.3. The lowest BCUT2D eigenvalue weighted by atomic mass is 9.84. The molecule has 0 saturated heterocycles. The summed E-state index contributed by atoms with van der Waals surface area (Å²) >= 11 is 1.91. The highest BCUT2D eigenvalue weighted by Crippen LogP contribution is 2.40. The van der Waals surface area contributed by atoms with E-state index in [1.54, 1.807) is 0 Å². The minimum absolute atomic E-state index is 0.565. The van der Waals surface area contributed by atoms with Gasteiger partial charge in [-0.05, 0) is 61.4 Å². The van der Waals surface area contributed by atoms with Crippen LogP contribution in [0.25, 0.3) is 0 Å². The van der Waals surface area contributed by atoms with Gasteiger partial charge in [0.25, 0.3) is 0 Å². The molecule has 21 heavy (non-hydrogen) atoms. The molecule has 2 saturated carbocycles. The Hall–Kier alpha value is -0.620. The molecule has 1 heterocycles. The van der Waals surface area contributed by atoms with Crippen LogP contribution in [0.3, 0.4) is 0 Å². The first-order valence-corrected chi connectivity index (χ1v) is 9.37. The van der Waals surface area contributed by atoms with Crippen LogP contribution in [0.4, 0.5) is 0 Å². The van der Waals surface area contributed by atoms with Crippen LogP contribution >= 0.6 is 11.8 Å². The van der Waals surface area contributed by atoms with Gasteiger partial charge in [0.05, 0.1) is 6.04 Å². The summed E-state index contributed by atoms with van der Waals surface area (Å²) < 4.78 is 2.05. The average Bonchev–Trinajstić information content (AvgIpc) is 3.26. The van der Waals surface area contributed by atoms with Gasteiger partial charge in [0.2, 0.25) is 5.16 Å².